The second kappa shape index (κ2) is 7.66. The van der Waals surface area contributed by atoms with E-state index in [-0.39, 0.29) is 25.2 Å². The van der Waals surface area contributed by atoms with Crippen LogP contribution in [0.25, 0.3) is 6.08 Å². The summed E-state index contributed by atoms with van der Waals surface area (Å²) in [7, 11) is 0. The Kier molecular flexibility index (Phi) is 5.61. The molecule has 1 aromatic carbocycles. The van der Waals surface area contributed by atoms with E-state index in [2.05, 4.69) is 5.32 Å². The molecule has 118 valence electrons. The maximum absolute atomic E-state index is 11.6. The van der Waals surface area contributed by atoms with E-state index in [4.69, 9.17) is 14.6 Å². The number of rotatable bonds is 6. The molecule has 1 unspecified atom stereocenters. The molecule has 0 radical (unpaired) electrons. The lowest BCUT2D eigenvalue weighted by molar-refractivity contribution is -0.116. The second-order valence-electron chi connectivity index (χ2n) is 5.37. The van der Waals surface area contributed by atoms with Gasteiger partial charge in [-0.05, 0) is 30.5 Å². The van der Waals surface area contributed by atoms with Crippen LogP contribution in [0.5, 0.6) is 11.5 Å². The summed E-state index contributed by atoms with van der Waals surface area (Å²) in [5.74, 6) is 1.38. The molecule has 2 rings (SSSR count). The molecule has 22 heavy (non-hydrogen) atoms. The number of hydrogen-bond acceptors (Lipinski definition) is 4. The van der Waals surface area contributed by atoms with Crippen molar-refractivity contribution in [3.05, 3.63) is 41.5 Å². The molecule has 5 nitrogen and oxygen atoms in total. The van der Waals surface area contributed by atoms with E-state index in [1.807, 2.05) is 38.1 Å². The number of nitrogens with one attached hydrogen (secondary N) is 1. The van der Waals surface area contributed by atoms with E-state index < -0.39 is 0 Å². The first-order valence-corrected chi connectivity index (χ1v) is 7.23. The first-order valence-electron chi connectivity index (χ1n) is 7.23. The molecular weight excluding hydrogens is 282 g/mol. The molecule has 0 saturated heterocycles. The van der Waals surface area contributed by atoms with Crippen LogP contribution in [0.2, 0.25) is 0 Å². The van der Waals surface area contributed by atoms with Gasteiger partial charge in [0.05, 0.1) is 0 Å². The molecular formula is C17H21NO4. The van der Waals surface area contributed by atoms with Gasteiger partial charge in [-0.3, -0.25) is 4.79 Å². The third-order valence-corrected chi connectivity index (χ3v) is 3.22. The highest BCUT2D eigenvalue weighted by molar-refractivity contribution is 5.88. The van der Waals surface area contributed by atoms with Gasteiger partial charge in [0.15, 0.2) is 11.5 Å². The summed E-state index contributed by atoms with van der Waals surface area (Å²) in [6.07, 6.45) is 5.20. The number of carbonyl (C=O) groups excluding carboxylic acids is 1. The van der Waals surface area contributed by atoms with Crippen LogP contribution in [0.3, 0.4) is 0 Å². The lowest BCUT2D eigenvalue weighted by atomic mass is 10.1. The summed E-state index contributed by atoms with van der Waals surface area (Å²) in [6, 6.07) is 5.71. The predicted molar refractivity (Wildman–Crippen MR) is 84.6 cm³/mol. The van der Waals surface area contributed by atoms with Gasteiger partial charge < -0.3 is 19.9 Å². The average molecular weight is 303 g/mol. The fraction of sp³-hybridized carbons (Fsp3) is 0.353. The van der Waals surface area contributed by atoms with Crippen LogP contribution < -0.4 is 14.8 Å². The Hall–Kier alpha value is -2.27. The largest absolute Gasteiger partial charge is 0.454 e. The Balaban J connectivity index is 1.92. The highest BCUT2D eigenvalue weighted by atomic mass is 16.7. The van der Waals surface area contributed by atoms with Gasteiger partial charge in [0.25, 0.3) is 0 Å². The van der Waals surface area contributed by atoms with Crippen molar-refractivity contribution in [3.8, 4) is 11.5 Å². The van der Waals surface area contributed by atoms with Crippen molar-refractivity contribution in [1.82, 2.24) is 5.32 Å². The Morgan fingerprint density at radius 1 is 1.36 bits per heavy atom. The van der Waals surface area contributed by atoms with Crippen molar-refractivity contribution in [2.75, 3.05) is 19.9 Å². The quantitative estimate of drug-likeness (QED) is 0.624. The first kappa shape index (κ1) is 16.1. The SMILES string of the molecule is CC(C=CC(=O)NCC(C)CO)=Cc1ccc2c(c1)OCO2. The lowest BCUT2D eigenvalue weighted by Crippen LogP contribution is -2.27. The Labute approximate surface area is 130 Å². The molecule has 1 amide bonds. The molecule has 0 fully saturated rings. The molecule has 0 aliphatic carbocycles. The summed E-state index contributed by atoms with van der Waals surface area (Å²) >= 11 is 0. The van der Waals surface area contributed by atoms with Crippen LogP contribution in [-0.2, 0) is 4.79 Å². The number of hydrogen-bond donors (Lipinski definition) is 2. The predicted octanol–water partition coefficient (Wildman–Crippen LogP) is 2.12. The maximum Gasteiger partial charge on any atom is 0.243 e. The Morgan fingerprint density at radius 2 is 2.14 bits per heavy atom. The lowest BCUT2D eigenvalue weighted by Gasteiger charge is -2.07. The van der Waals surface area contributed by atoms with E-state index in [0.29, 0.717) is 6.54 Å². The number of benzene rings is 1. The number of aliphatic hydroxyl groups is 1. The van der Waals surface area contributed by atoms with Gasteiger partial charge in [-0.2, -0.15) is 0 Å². The Morgan fingerprint density at radius 3 is 2.91 bits per heavy atom. The average Bonchev–Trinajstić information content (AvgIpc) is 2.98. The molecule has 0 saturated carbocycles. The monoisotopic (exact) mass is 303 g/mol. The standard InChI is InChI=1S/C17H21NO4/c1-12(3-6-17(20)18-9-13(2)10-19)7-14-4-5-15-16(8-14)22-11-21-15/h3-8,13,19H,9-11H2,1-2H3,(H,18,20). The minimum absolute atomic E-state index is 0.0580. The van der Waals surface area contributed by atoms with Crippen molar-refractivity contribution >= 4 is 12.0 Å². The van der Waals surface area contributed by atoms with Crippen molar-refractivity contribution in [1.29, 1.82) is 0 Å². The van der Waals surface area contributed by atoms with Crippen molar-refractivity contribution in [3.63, 3.8) is 0 Å². The van der Waals surface area contributed by atoms with Gasteiger partial charge in [0.1, 0.15) is 0 Å². The highest BCUT2D eigenvalue weighted by Crippen LogP contribution is 2.33. The number of ether oxygens (including phenoxy) is 2. The summed E-state index contributed by atoms with van der Waals surface area (Å²) in [6.45, 7) is 4.57. The number of carbonyl (C=O) groups is 1. The van der Waals surface area contributed by atoms with Crippen LogP contribution in [0.4, 0.5) is 0 Å². The molecule has 1 aliphatic heterocycles. The number of aliphatic hydroxyl groups excluding tert-OH is 1. The van der Waals surface area contributed by atoms with Gasteiger partial charge in [-0.15, -0.1) is 0 Å². The minimum atomic E-state index is -0.168. The number of amides is 1. The van der Waals surface area contributed by atoms with Crippen molar-refractivity contribution < 1.29 is 19.4 Å². The van der Waals surface area contributed by atoms with Crippen molar-refractivity contribution in [2.24, 2.45) is 5.92 Å². The van der Waals surface area contributed by atoms with Crippen molar-refractivity contribution in [2.45, 2.75) is 13.8 Å². The van der Waals surface area contributed by atoms with E-state index in [1.165, 1.54) is 6.08 Å². The molecule has 1 atom stereocenters. The van der Waals surface area contributed by atoms with E-state index in [9.17, 15) is 4.79 Å². The molecule has 2 N–H and O–H groups in total. The zero-order valence-corrected chi connectivity index (χ0v) is 12.8. The van der Waals surface area contributed by atoms with Crippen LogP contribution >= 0.6 is 0 Å². The molecule has 1 heterocycles. The third kappa shape index (κ3) is 4.63. The number of allylic oxidation sites excluding steroid dienone is 2. The molecule has 0 bridgehead atoms. The normalized spacial score (nSPS) is 15.1. The van der Waals surface area contributed by atoms with Gasteiger partial charge in [0.2, 0.25) is 12.7 Å². The van der Waals surface area contributed by atoms with Crippen LogP contribution in [0.1, 0.15) is 19.4 Å². The highest BCUT2D eigenvalue weighted by Gasteiger charge is 2.12. The summed E-state index contributed by atoms with van der Waals surface area (Å²) in [4.78, 5) is 11.6. The molecule has 0 aromatic heterocycles. The van der Waals surface area contributed by atoms with E-state index in [1.54, 1.807) is 6.08 Å². The minimum Gasteiger partial charge on any atom is -0.454 e. The summed E-state index contributed by atoms with van der Waals surface area (Å²) in [5.41, 5.74) is 1.94. The summed E-state index contributed by atoms with van der Waals surface area (Å²) in [5, 5.41) is 11.6. The Bertz CT molecular complexity index is 592. The topological polar surface area (TPSA) is 67.8 Å². The van der Waals surface area contributed by atoms with E-state index >= 15 is 0 Å². The van der Waals surface area contributed by atoms with Gasteiger partial charge >= 0.3 is 0 Å². The van der Waals surface area contributed by atoms with E-state index in [0.717, 1.165) is 22.6 Å². The molecule has 5 heteroatoms. The van der Waals surface area contributed by atoms with Gasteiger partial charge in [-0.1, -0.05) is 30.7 Å². The zero-order valence-electron chi connectivity index (χ0n) is 12.8. The molecule has 1 aliphatic rings. The fourth-order valence-corrected chi connectivity index (χ4v) is 1.92. The fourth-order valence-electron chi connectivity index (χ4n) is 1.92. The molecule has 1 aromatic rings. The third-order valence-electron chi connectivity index (χ3n) is 3.22. The smallest absolute Gasteiger partial charge is 0.243 e. The molecule has 0 spiro atoms. The van der Waals surface area contributed by atoms with Crippen LogP contribution in [-0.4, -0.2) is 31.0 Å². The first-order chi connectivity index (χ1) is 10.6. The van der Waals surface area contributed by atoms with Crippen LogP contribution in [0.15, 0.2) is 35.9 Å². The summed E-state index contributed by atoms with van der Waals surface area (Å²) < 4.78 is 10.6. The van der Waals surface area contributed by atoms with Gasteiger partial charge in [-0.25, -0.2) is 0 Å². The number of fused-ring (bicyclic) bond motifs is 1. The second-order valence-corrected chi connectivity index (χ2v) is 5.37. The van der Waals surface area contributed by atoms with Crippen LogP contribution in [0, 0.1) is 5.92 Å². The zero-order chi connectivity index (χ0) is 15.9. The maximum atomic E-state index is 11.6. The van der Waals surface area contributed by atoms with Gasteiger partial charge in [0, 0.05) is 19.2 Å².